The number of hydrogen-bond acceptors (Lipinski definition) is 2. The van der Waals surface area contributed by atoms with Gasteiger partial charge < -0.3 is 0 Å². The molecular formula is C22H18N2Tb+3. The summed E-state index contributed by atoms with van der Waals surface area (Å²) in [6.07, 6.45) is 3.62. The van der Waals surface area contributed by atoms with Crippen molar-refractivity contribution in [2.75, 3.05) is 0 Å². The van der Waals surface area contributed by atoms with Gasteiger partial charge in [-0.1, -0.05) is 72.8 Å². The third-order valence-electron chi connectivity index (χ3n) is 3.47. The SMILES string of the molecule is [Tb+3].c1ccc(-c2ccccn2)cc1.c1ccc(-c2ccccn2)cc1. The van der Waals surface area contributed by atoms with Crippen LogP contribution in [0.25, 0.3) is 22.5 Å². The third kappa shape index (κ3) is 6.11. The molecule has 0 aliphatic heterocycles. The van der Waals surface area contributed by atoms with Crippen molar-refractivity contribution in [3.63, 3.8) is 0 Å². The van der Waals surface area contributed by atoms with E-state index in [-0.39, 0.29) is 38.6 Å². The molecule has 0 atom stereocenters. The van der Waals surface area contributed by atoms with Crippen LogP contribution in [0.1, 0.15) is 0 Å². The van der Waals surface area contributed by atoms with Crippen LogP contribution in [0.15, 0.2) is 109 Å². The summed E-state index contributed by atoms with van der Waals surface area (Å²) in [5.74, 6) is 0. The largest absolute Gasteiger partial charge is 3.00 e. The number of benzene rings is 2. The van der Waals surface area contributed by atoms with Gasteiger partial charge in [-0.25, -0.2) is 0 Å². The number of aromatic nitrogens is 2. The second kappa shape index (κ2) is 10.8. The monoisotopic (exact) mass is 469 g/mol. The molecule has 0 radical (unpaired) electrons. The Morgan fingerprint density at radius 2 is 0.760 bits per heavy atom. The summed E-state index contributed by atoms with van der Waals surface area (Å²) in [5.41, 5.74) is 4.38. The maximum absolute atomic E-state index is 4.25. The van der Waals surface area contributed by atoms with Gasteiger partial charge in [-0.05, 0) is 24.3 Å². The van der Waals surface area contributed by atoms with E-state index >= 15 is 0 Å². The Hall–Kier alpha value is -1.97. The maximum atomic E-state index is 4.25. The molecule has 0 N–H and O–H groups in total. The molecule has 0 saturated carbocycles. The number of hydrogen-bond donors (Lipinski definition) is 0. The fraction of sp³-hybridized carbons (Fsp3) is 0. The van der Waals surface area contributed by atoms with E-state index in [4.69, 9.17) is 0 Å². The smallest absolute Gasteiger partial charge is 0.256 e. The summed E-state index contributed by atoms with van der Waals surface area (Å²) in [6, 6.07) is 32.2. The van der Waals surface area contributed by atoms with Gasteiger partial charge in [0.15, 0.2) is 0 Å². The topological polar surface area (TPSA) is 25.8 Å². The molecule has 3 heteroatoms. The number of rotatable bonds is 2. The molecule has 4 aromatic rings. The van der Waals surface area contributed by atoms with Crippen molar-refractivity contribution in [2.24, 2.45) is 0 Å². The van der Waals surface area contributed by atoms with Crippen LogP contribution in [0.2, 0.25) is 0 Å². The first-order chi connectivity index (χ1) is 11.9. The maximum Gasteiger partial charge on any atom is 3.00 e. The second-order valence-electron chi connectivity index (χ2n) is 5.16. The molecule has 0 spiro atoms. The summed E-state index contributed by atoms with van der Waals surface area (Å²) in [7, 11) is 0. The Balaban J connectivity index is 0.000000173. The Bertz CT molecular complexity index is 686. The molecule has 0 bridgehead atoms. The van der Waals surface area contributed by atoms with Crippen molar-refractivity contribution in [1.82, 2.24) is 9.97 Å². The summed E-state index contributed by atoms with van der Waals surface area (Å²) in [5, 5.41) is 0. The zero-order valence-electron chi connectivity index (χ0n) is 13.6. The van der Waals surface area contributed by atoms with E-state index in [0.717, 1.165) is 22.5 Å². The molecule has 4 rings (SSSR count). The molecule has 2 aromatic heterocycles. The van der Waals surface area contributed by atoms with Gasteiger partial charge in [0.1, 0.15) is 0 Å². The minimum atomic E-state index is 0. The van der Waals surface area contributed by atoms with Gasteiger partial charge in [-0.3, -0.25) is 9.97 Å². The van der Waals surface area contributed by atoms with E-state index in [1.54, 1.807) is 0 Å². The van der Waals surface area contributed by atoms with Crippen molar-refractivity contribution in [1.29, 1.82) is 0 Å². The van der Waals surface area contributed by atoms with E-state index in [9.17, 15) is 0 Å². The molecular weight excluding hydrogens is 451 g/mol. The van der Waals surface area contributed by atoms with Crippen LogP contribution in [-0.2, 0) is 0 Å². The Morgan fingerprint density at radius 1 is 0.400 bits per heavy atom. The molecule has 2 heterocycles. The minimum absolute atomic E-state index is 0. The van der Waals surface area contributed by atoms with Gasteiger partial charge in [0.05, 0.1) is 11.4 Å². The average molecular weight is 469 g/mol. The summed E-state index contributed by atoms with van der Waals surface area (Å²) in [6.45, 7) is 0. The molecule has 2 nitrogen and oxygen atoms in total. The zero-order valence-corrected chi connectivity index (χ0v) is 15.8. The number of nitrogens with zero attached hydrogens (tertiary/aromatic N) is 2. The predicted molar refractivity (Wildman–Crippen MR) is 99.3 cm³/mol. The zero-order chi connectivity index (χ0) is 16.5. The first-order valence-electron chi connectivity index (χ1n) is 7.86. The number of pyridine rings is 2. The molecule has 0 fully saturated rings. The molecule has 0 aliphatic carbocycles. The van der Waals surface area contributed by atoms with E-state index in [1.807, 2.05) is 85.2 Å². The fourth-order valence-corrected chi connectivity index (χ4v) is 2.28. The van der Waals surface area contributed by atoms with E-state index < -0.39 is 0 Å². The third-order valence-corrected chi connectivity index (χ3v) is 3.47. The van der Waals surface area contributed by atoms with Crippen LogP contribution < -0.4 is 0 Å². The van der Waals surface area contributed by atoms with Crippen LogP contribution in [-0.4, -0.2) is 9.97 Å². The first kappa shape index (κ1) is 19.4. The Kier molecular flexibility index (Phi) is 8.36. The van der Waals surface area contributed by atoms with Crippen LogP contribution in [0, 0.1) is 38.6 Å². The van der Waals surface area contributed by atoms with Crippen LogP contribution in [0.5, 0.6) is 0 Å². The molecule has 0 amide bonds. The van der Waals surface area contributed by atoms with Crippen molar-refractivity contribution in [2.45, 2.75) is 0 Å². The van der Waals surface area contributed by atoms with Crippen LogP contribution >= 0.6 is 0 Å². The standard InChI is InChI=1S/2C11H9N.Tb/c2*1-2-6-10(7-3-1)11-8-4-5-9-12-11;/h2*1-9H;/q;;+3. The van der Waals surface area contributed by atoms with Gasteiger partial charge in [-0.2, -0.15) is 0 Å². The quantitative estimate of drug-likeness (QED) is 0.388. The molecule has 0 saturated heterocycles. The van der Waals surface area contributed by atoms with Gasteiger partial charge in [0, 0.05) is 23.5 Å². The molecule has 0 unspecified atom stereocenters. The normalized spacial score (nSPS) is 9.28. The van der Waals surface area contributed by atoms with Gasteiger partial charge in [0.25, 0.3) is 0 Å². The summed E-state index contributed by atoms with van der Waals surface area (Å²) >= 11 is 0. The van der Waals surface area contributed by atoms with Crippen molar-refractivity contribution in [3.05, 3.63) is 109 Å². The average Bonchev–Trinajstić information content (AvgIpc) is 2.71. The van der Waals surface area contributed by atoms with Gasteiger partial charge >= 0.3 is 38.6 Å². The minimum Gasteiger partial charge on any atom is -0.256 e. The predicted octanol–water partition coefficient (Wildman–Crippen LogP) is 5.50. The van der Waals surface area contributed by atoms with E-state index in [0.29, 0.717) is 0 Å². The Morgan fingerprint density at radius 3 is 1.08 bits per heavy atom. The molecule has 122 valence electrons. The summed E-state index contributed by atoms with van der Waals surface area (Å²) < 4.78 is 0. The van der Waals surface area contributed by atoms with Gasteiger partial charge in [-0.15, -0.1) is 0 Å². The first-order valence-corrected chi connectivity index (χ1v) is 7.86. The van der Waals surface area contributed by atoms with E-state index in [1.165, 1.54) is 0 Å². The Labute approximate surface area is 179 Å². The van der Waals surface area contributed by atoms with Crippen LogP contribution in [0.4, 0.5) is 0 Å². The van der Waals surface area contributed by atoms with Crippen molar-refractivity contribution >= 4 is 0 Å². The molecule has 25 heavy (non-hydrogen) atoms. The summed E-state index contributed by atoms with van der Waals surface area (Å²) in [4.78, 5) is 8.50. The molecule has 0 aliphatic rings. The van der Waals surface area contributed by atoms with Crippen LogP contribution in [0.3, 0.4) is 0 Å². The second-order valence-corrected chi connectivity index (χ2v) is 5.16. The fourth-order valence-electron chi connectivity index (χ4n) is 2.28. The van der Waals surface area contributed by atoms with Gasteiger partial charge in [0.2, 0.25) is 0 Å². The van der Waals surface area contributed by atoms with E-state index in [2.05, 4.69) is 34.2 Å². The van der Waals surface area contributed by atoms with Crippen molar-refractivity contribution < 1.29 is 38.6 Å². The molecule has 2 aromatic carbocycles. The van der Waals surface area contributed by atoms with Crippen molar-refractivity contribution in [3.8, 4) is 22.5 Å².